The van der Waals surface area contributed by atoms with E-state index >= 15 is 0 Å². The number of ether oxygens (including phenoxy) is 4. The first-order chi connectivity index (χ1) is 13.7. The zero-order chi connectivity index (χ0) is 20.9. The fourth-order valence-electron chi connectivity index (χ4n) is 3.57. The summed E-state index contributed by atoms with van der Waals surface area (Å²) in [5.41, 5.74) is 1.52. The van der Waals surface area contributed by atoms with E-state index in [1.54, 1.807) is 13.8 Å². The summed E-state index contributed by atoms with van der Waals surface area (Å²) in [6.07, 6.45) is -1.76. The molecule has 0 bridgehead atoms. The molecule has 4 heterocycles. The highest BCUT2D eigenvalue weighted by molar-refractivity contribution is 5.97. The lowest BCUT2D eigenvalue weighted by molar-refractivity contribution is -0.146. The van der Waals surface area contributed by atoms with Gasteiger partial charge in [-0.1, -0.05) is 13.8 Å². The summed E-state index contributed by atoms with van der Waals surface area (Å²) >= 11 is 0. The van der Waals surface area contributed by atoms with E-state index in [1.807, 2.05) is 6.92 Å². The van der Waals surface area contributed by atoms with Gasteiger partial charge >= 0.3 is 12.1 Å². The maximum Gasteiger partial charge on any atom is 0.514 e. The Morgan fingerprint density at radius 1 is 1.31 bits per heavy atom. The SMILES string of the molecule is CC1OCCN2C(=O)c3c(OC(=O)OC4C(=O)OCC4(C)C)c(=O)ccn3NC12. The van der Waals surface area contributed by atoms with Crippen LogP contribution in [0.5, 0.6) is 5.75 Å². The van der Waals surface area contributed by atoms with Gasteiger partial charge in [0, 0.05) is 24.2 Å². The molecule has 1 N–H and O–H groups in total. The van der Waals surface area contributed by atoms with Crippen LogP contribution in [0.3, 0.4) is 0 Å². The summed E-state index contributed by atoms with van der Waals surface area (Å²) in [5, 5.41) is 0. The molecule has 156 valence electrons. The Kier molecular flexibility index (Phi) is 4.49. The van der Waals surface area contributed by atoms with Crippen LogP contribution in [0, 0.1) is 5.41 Å². The van der Waals surface area contributed by atoms with E-state index in [9.17, 15) is 19.2 Å². The van der Waals surface area contributed by atoms with Crippen LogP contribution in [0.15, 0.2) is 17.1 Å². The van der Waals surface area contributed by atoms with E-state index in [4.69, 9.17) is 18.9 Å². The molecule has 0 radical (unpaired) electrons. The molecule has 3 atom stereocenters. The van der Waals surface area contributed by atoms with Crippen molar-refractivity contribution in [1.29, 1.82) is 0 Å². The highest BCUT2D eigenvalue weighted by atomic mass is 16.7. The third-order valence-electron chi connectivity index (χ3n) is 5.19. The van der Waals surface area contributed by atoms with Crippen LogP contribution in [0.2, 0.25) is 0 Å². The quantitative estimate of drug-likeness (QED) is 0.677. The molecular weight excluding hydrogens is 386 g/mol. The van der Waals surface area contributed by atoms with Gasteiger partial charge in [0.25, 0.3) is 5.91 Å². The third-order valence-corrected chi connectivity index (χ3v) is 5.19. The second-order valence-electron chi connectivity index (χ2n) is 7.82. The van der Waals surface area contributed by atoms with Gasteiger partial charge in [-0.2, -0.15) is 0 Å². The summed E-state index contributed by atoms with van der Waals surface area (Å²) in [5.74, 6) is -1.65. The number of carbonyl (C=O) groups excluding carboxylic acids is 3. The van der Waals surface area contributed by atoms with Gasteiger partial charge in [-0.05, 0) is 6.92 Å². The van der Waals surface area contributed by atoms with Gasteiger partial charge in [-0.3, -0.25) is 14.3 Å². The fourth-order valence-corrected chi connectivity index (χ4v) is 3.57. The summed E-state index contributed by atoms with van der Waals surface area (Å²) in [6.45, 7) is 5.97. The maximum absolute atomic E-state index is 13.0. The molecule has 0 saturated carbocycles. The number of esters is 1. The zero-order valence-electron chi connectivity index (χ0n) is 16.2. The minimum atomic E-state index is -1.27. The van der Waals surface area contributed by atoms with Crippen LogP contribution in [0.25, 0.3) is 0 Å². The largest absolute Gasteiger partial charge is 0.514 e. The summed E-state index contributed by atoms with van der Waals surface area (Å²) in [4.78, 5) is 51.0. The van der Waals surface area contributed by atoms with E-state index in [0.29, 0.717) is 13.2 Å². The number of morpholine rings is 1. The van der Waals surface area contributed by atoms with Crippen molar-refractivity contribution in [2.45, 2.75) is 39.1 Å². The number of fused-ring (bicyclic) bond motifs is 2. The first-order valence-corrected chi connectivity index (χ1v) is 9.19. The smallest absolute Gasteiger partial charge is 0.462 e. The standard InChI is InChI=1S/C18H21N3O8/c1-9-14-19-21-5-4-10(22)12(11(21)15(23)20(14)6-7-26-9)28-17(25)29-13-16(24)27-8-18(13,2)3/h4-5,9,13-14,19H,6-8H2,1-3H3. The van der Waals surface area contributed by atoms with Gasteiger partial charge in [0.05, 0.1) is 12.7 Å². The molecule has 4 rings (SSSR count). The number of hydrogen-bond acceptors (Lipinski definition) is 9. The number of nitrogens with one attached hydrogen (secondary N) is 1. The predicted octanol–water partition coefficient (Wildman–Crippen LogP) is 0.0594. The Bertz CT molecular complexity index is 940. The minimum Gasteiger partial charge on any atom is -0.462 e. The van der Waals surface area contributed by atoms with Crippen LogP contribution < -0.4 is 15.6 Å². The first kappa shape index (κ1) is 19.2. The molecule has 1 aromatic heterocycles. The molecule has 3 aliphatic heterocycles. The molecule has 0 aliphatic carbocycles. The van der Waals surface area contributed by atoms with Crippen LogP contribution in [-0.2, 0) is 19.0 Å². The molecule has 3 unspecified atom stereocenters. The van der Waals surface area contributed by atoms with Crippen molar-refractivity contribution in [3.05, 3.63) is 28.2 Å². The van der Waals surface area contributed by atoms with E-state index in [0.717, 1.165) is 6.07 Å². The van der Waals surface area contributed by atoms with Gasteiger partial charge in [-0.25, -0.2) is 9.59 Å². The van der Waals surface area contributed by atoms with Crippen LogP contribution in [0.1, 0.15) is 31.3 Å². The molecule has 3 aliphatic rings. The normalized spacial score (nSPS) is 27.4. The summed E-state index contributed by atoms with van der Waals surface area (Å²) in [7, 11) is 0. The number of cyclic esters (lactones) is 1. The van der Waals surface area contributed by atoms with E-state index < -0.39 is 46.9 Å². The molecule has 2 saturated heterocycles. The van der Waals surface area contributed by atoms with E-state index in [2.05, 4.69) is 5.43 Å². The average Bonchev–Trinajstić information content (AvgIpc) is 2.92. The minimum absolute atomic E-state index is 0.0895. The van der Waals surface area contributed by atoms with Crippen molar-refractivity contribution in [1.82, 2.24) is 9.58 Å². The van der Waals surface area contributed by atoms with Crippen molar-refractivity contribution in [3.8, 4) is 5.75 Å². The zero-order valence-corrected chi connectivity index (χ0v) is 16.2. The van der Waals surface area contributed by atoms with Crippen molar-refractivity contribution < 1.29 is 33.3 Å². The number of amides is 1. The van der Waals surface area contributed by atoms with Crippen molar-refractivity contribution >= 4 is 18.0 Å². The monoisotopic (exact) mass is 407 g/mol. The predicted molar refractivity (Wildman–Crippen MR) is 95.9 cm³/mol. The molecule has 0 spiro atoms. The molecule has 11 nitrogen and oxygen atoms in total. The Morgan fingerprint density at radius 2 is 2.07 bits per heavy atom. The topological polar surface area (TPSA) is 125 Å². The van der Waals surface area contributed by atoms with Gasteiger partial charge in [0.15, 0.2) is 5.69 Å². The molecule has 0 aromatic carbocycles. The van der Waals surface area contributed by atoms with Gasteiger partial charge in [0.1, 0.15) is 12.8 Å². The molecule has 1 aromatic rings. The number of rotatable bonds is 2. The van der Waals surface area contributed by atoms with Gasteiger partial charge in [0.2, 0.25) is 17.3 Å². The number of hydrogen-bond donors (Lipinski definition) is 1. The summed E-state index contributed by atoms with van der Waals surface area (Å²) in [6, 6.07) is 1.16. The van der Waals surface area contributed by atoms with Gasteiger partial charge < -0.3 is 29.3 Å². The molecule has 2 fully saturated rings. The second kappa shape index (κ2) is 6.76. The van der Waals surface area contributed by atoms with Crippen LogP contribution in [-0.4, -0.2) is 65.7 Å². The first-order valence-electron chi connectivity index (χ1n) is 9.19. The molecule has 11 heteroatoms. The summed E-state index contributed by atoms with van der Waals surface area (Å²) < 4.78 is 22.0. The number of carbonyl (C=O) groups is 3. The number of aromatic nitrogens is 1. The Balaban J connectivity index is 1.62. The Labute approximate surface area is 165 Å². The highest BCUT2D eigenvalue weighted by Gasteiger charge is 2.47. The van der Waals surface area contributed by atoms with Gasteiger partial charge in [-0.15, -0.1) is 0 Å². The Morgan fingerprint density at radius 3 is 2.76 bits per heavy atom. The number of pyridine rings is 1. The van der Waals surface area contributed by atoms with Crippen molar-refractivity contribution in [2.75, 3.05) is 25.2 Å². The molecule has 29 heavy (non-hydrogen) atoms. The van der Waals surface area contributed by atoms with Crippen LogP contribution in [0.4, 0.5) is 4.79 Å². The average molecular weight is 407 g/mol. The lowest BCUT2D eigenvalue weighted by atomic mass is 9.90. The lowest BCUT2D eigenvalue weighted by Gasteiger charge is -2.44. The van der Waals surface area contributed by atoms with E-state index in [1.165, 1.54) is 15.8 Å². The fraction of sp³-hybridized carbons (Fsp3) is 0.556. The van der Waals surface area contributed by atoms with E-state index in [-0.39, 0.29) is 18.4 Å². The van der Waals surface area contributed by atoms with Crippen molar-refractivity contribution in [2.24, 2.45) is 5.41 Å². The highest BCUT2D eigenvalue weighted by Crippen LogP contribution is 2.31. The second-order valence-corrected chi connectivity index (χ2v) is 7.82. The van der Waals surface area contributed by atoms with Crippen molar-refractivity contribution in [3.63, 3.8) is 0 Å². The third kappa shape index (κ3) is 3.20. The Hall–Kier alpha value is -3.08. The van der Waals surface area contributed by atoms with Crippen LogP contribution >= 0.6 is 0 Å². The molecular formula is C18H21N3O8. The molecule has 1 amide bonds. The number of nitrogens with zero attached hydrogens (tertiary/aromatic N) is 2. The maximum atomic E-state index is 13.0. The lowest BCUT2D eigenvalue weighted by Crippen LogP contribution is -2.62.